The Morgan fingerprint density at radius 1 is 0.966 bits per heavy atom. The van der Waals surface area contributed by atoms with Gasteiger partial charge in [-0.3, -0.25) is 14.5 Å². The molecule has 3 saturated heterocycles. The van der Waals surface area contributed by atoms with E-state index in [1.807, 2.05) is 11.8 Å². The van der Waals surface area contributed by atoms with Crippen LogP contribution in [0.15, 0.2) is 0 Å². The van der Waals surface area contributed by atoms with Gasteiger partial charge in [-0.25, -0.2) is 12.7 Å². The lowest BCUT2D eigenvalue weighted by Gasteiger charge is -2.39. The first-order valence-electron chi connectivity index (χ1n) is 10.7. The highest BCUT2D eigenvalue weighted by atomic mass is 32.2. The molecule has 0 saturated carbocycles. The van der Waals surface area contributed by atoms with Crippen molar-refractivity contribution >= 4 is 21.8 Å². The number of nitrogens with zero attached hydrogens (tertiary/aromatic N) is 4. The Balaban J connectivity index is 1.47. The third-order valence-electron chi connectivity index (χ3n) is 6.00. The van der Waals surface area contributed by atoms with Gasteiger partial charge in [0.2, 0.25) is 21.8 Å². The zero-order valence-electron chi connectivity index (χ0n) is 17.4. The summed E-state index contributed by atoms with van der Waals surface area (Å²) in [5.41, 5.74) is 0. The maximum Gasteiger partial charge on any atom is 0.236 e. The van der Waals surface area contributed by atoms with Crippen molar-refractivity contribution in [3.05, 3.63) is 0 Å². The molecule has 0 aromatic rings. The highest BCUT2D eigenvalue weighted by Crippen LogP contribution is 2.22. The van der Waals surface area contributed by atoms with Gasteiger partial charge in [0.1, 0.15) is 0 Å². The van der Waals surface area contributed by atoms with Gasteiger partial charge >= 0.3 is 0 Å². The molecular weight excluding hydrogens is 396 g/mol. The fourth-order valence-corrected chi connectivity index (χ4v) is 5.86. The van der Waals surface area contributed by atoms with Gasteiger partial charge in [0.25, 0.3) is 0 Å². The van der Waals surface area contributed by atoms with E-state index in [-0.39, 0.29) is 30.0 Å². The summed E-state index contributed by atoms with van der Waals surface area (Å²) in [6, 6.07) is 0. The molecule has 0 bridgehead atoms. The highest BCUT2D eigenvalue weighted by Gasteiger charge is 2.35. The predicted octanol–water partition coefficient (Wildman–Crippen LogP) is -0.559. The third-order valence-corrected chi connectivity index (χ3v) is 8.04. The van der Waals surface area contributed by atoms with Crippen LogP contribution in [0.3, 0.4) is 0 Å². The van der Waals surface area contributed by atoms with E-state index in [9.17, 15) is 18.0 Å². The minimum absolute atomic E-state index is 0.0293. The Kier molecular flexibility index (Phi) is 7.89. The molecular formula is C19H34N4O5S. The molecule has 0 N–H and O–H groups in total. The molecule has 3 aliphatic heterocycles. The number of carbonyl (C=O) groups is 2. The van der Waals surface area contributed by atoms with Gasteiger partial charge in [0.05, 0.1) is 31.4 Å². The van der Waals surface area contributed by atoms with E-state index in [2.05, 4.69) is 4.90 Å². The number of carbonyl (C=O) groups excluding carboxylic acids is 2. The summed E-state index contributed by atoms with van der Waals surface area (Å²) in [4.78, 5) is 31.2. The van der Waals surface area contributed by atoms with Crippen molar-refractivity contribution in [2.24, 2.45) is 5.92 Å². The fourth-order valence-electron chi connectivity index (χ4n) is 4.27. The number of hydrogen-bond donors (Lipinski definition) is 0. The van der Waals surface area contributed by atoms with Gasteiger partial charge in [-0.15, -0.1) is 0 Å². The molecule has 3 rings (SSSR count). The summed E-state index contributed by atoms with van der Waals surface area (Å²) >= 11 is 0. The van der Waals surface area contributed by atoms with Crippen LogP contribution in [0.25, 0.3) is 0 Å². The molecule has 0 aliphatic carbocycles. The number of rotatable bonds is 6. The number of morpholine rings is 1. The Hall–Kier alpha value is -1.23. The number of hydrogen-bond acceptors (Lipinski definition) is 6. The molecule has 1 atom stereocenters. The van der Waals surface area contributed by atoms with Crippen LogP contribution in [0.1, 0.15) is 26.2 Å². The molecule has 0 spiro atoms. The molecule has 2 amide bonds. The number of ether oxygens (including phenoxy) is 1. The Bertz CT molecular complexity index is 672. The minimum atomic E-state index is -3.27. The topological polar surface area (TPSA) is 90.5 Å². The van der Waals surface area contributed by atoms with Crippen LogP contribution in [0.5, 0.6) is 0 Å². The molecule has 0 radical (unpaired) electrons. The van der Waals surface area contributed by atoms with E-state index in [1.54, 1.807) is 4.90 Å². The predicted molar refractivity (Wildman–Crippen MR) is 109 cm³/mol. The summed E-state index contributed by atoms with van der Waals surface area (Å²) in [5, 5.41) is 0. The van der Waals surface area contributed by atoms with E-state index in [4.69, 9.17) is 4.74 Å². The summed E-state index contributed by atoms with van der Waals surface area (Å²) in [6.07, 6.45) is 2.03. The van der Waals surface area contributed by atoms with Crippen molar-refractivity contribution in [2.45, 2.75) is 26.2 Å². The van der Waals surface area contributed by atoms with E-state index in [1.165, 1.54) is 4.31 Å². The second-order valence-corrected chi connectivity index (χ2v) is 10.2. The normalized spacial score (nSPS) is 25.2. The molecule has 3 heterocycles. The van der Waals surface area contributed by atoms with Gasteiger partial charge < -0.3 is 14.5 Å². The summed E-state index contributed by atoms with van der Waals surface area (Å²) in [6.45, 7) is 8.08. The first-order chi connectivity index (χ1) is 13.9. The zero-order chi connectivity index (χ0) is 20.9. The maximum atomic E-state index is 13.0. The molecule has 29 heavy (non-hydrogen) atoms. The van der Waals surface area contributed by atoms with Crippen molar-refractivity contribution in [1.29, 1.82) is 0 Å². The van der Waals surface area contributed by atoms with Gasteiger partial charge in [-0.2, -0.15) is 0 Å². The average molecular weight is 431 g/mol. The summed E-state index contributed by atoms with van der Waals surface area (Å²) in [5.74, 6) is -0.00107. The van der Waals surface area contributed by atoms with Crippen LogP contribution in [-0.2, 0) is 24.3 Å². The summed E-state index contributed by atoms with van der Waals surface area (Å²) in [7, 11) is -3.27. The number of piperidine rings is 1. The van der Waals surface area contributed by atoms with Crippen molar-refractivity contribution in [3.63, 3.8) is 0 Å². The van der Waals surface area contributed by atoms with Gasteiger partial charge in [-0.1, -0.05) is 6.92 Å². The summed E-state index contributed by atoms with van der Waals surface area (Å²) < 4.78 is 31.5. The second kappa shape index (κ2) is 10.2. The van der Waals surface area contributed by atoms with Crippen molar-refractivity contribution < 1.29 is 22.7 Å². The van der Waals surface area contributed by atoms with Gasteiger partial charge in [0.15, 0.2) is 0 Å². The van der Waals surface area contributed by atoms with Crippen LogP contribution in [0, 0.1) is 5.92 Å². The standard InChI is InChI=1S/C19H34N4O5S/c1-2-14-29(26,27)23-5-3-4-17(15-23)19(25)22-8-6-21(7-9-22)18(24)16-20-10-12-28-13-11-20/h17H,2-16H2,1H3. The number of amides is 2. The lowest BCUT2D eigenvalue weighted by atomic mass is 9.97. The Morgan fingerprint density at radius 3 is 2.28 bits per heavy atom. The smallest absolute Gasteiger partial charge is 0.236 e. The van der Waals surface area contributed by atoms with Crippen molar-refractivity contribution in [3.8, 4) is 0 Å². The van der Waals surface area contributed by atoms with E-state index in [0.717, 1.165) is 25.9 Å². The molecule has 9 nitrogen and oxygen atoms in total. The molecule has 3 fully saturated rings. The lowest BCUT2D eigenvalue weighted by molar-refractivity contribution is -0.143. The second-order valence-electron chi connectivity index (χ2n) is 8.11. The number of sulfonamides is 1. The lowest BCUT2D eigenvalue weighted by Crippen LogP contribution is -2.55. The molecule has 166 valence electrons. The molecule has 10 heteroatoms. The quantitative estimate of drug-likeness (QED) is 0.561. The Morgan fingerprint density at radius 2 is 1.62 bits per heavy atom. The van der Waals surface area contributed by atoms with Crippen molar-refractivity contribution in [1.82, 2.24) is 19.0 Å². The minimum Gasteiger partial charge on any atom is -0.379 e. The highest BCUT2D eigenvalue weighted by molar-refractivity contribution is 7.89. The van der Waals surface area contributed by atoms with E-state index >= 15 is 0 Å². The van der Waals surface area contributed by atoms with E-state index < -0.39 is 10.0 Å². The number of piperazine rings is 1. The van der Waals surface area contributed by atoms with Crippen molar-refractivity contribution in [2.75, 3.05) is 77.9 Å². The molecule has 3 aliphatic rings. The van der Waals surface area contributed by atoms with Crippen LogP contribution >= 0.6 is 0 Å². The van der Waals surface area contributed by atoms with Gasteiger partial charge in [-0.05, 0) is 19.3 Å². The van der Waals surface area contributed by atoms with E-state index in [0.29, 0.717) is 58.9 Å². The van der Waals surface area contributed by atoms with Crippen LogP contribution in [-0.4, -0.2) is 117 Å². The molecule has 1 unspecified atom stereocenters. The average Bonchev–Trinajstić information content (AvgIpc) is 2.74. The first kappa shape index (κ1) is 22.5. The fraction of sp³-hybridized carbons (Fsp3) is 0.895. The SMILES string of the molecule is CCCS(=O)(=O)N1CCCC(C(=O)N2CCN(C(=O)CN3CCOCC3)CC2)C1. The maximum absolute atomic E-state index is 13.0. The van der Waals surface area contributed by atoms with Gasteiger partial charge in [0, 0.05) is 52.4 Å². The van der Waals surface area contributed by atoms with Crippen LogP contribution in [0.2, 0.25) is 0 Å². The third kappa shape index (κ3) is 5.90. The molecule has 0 aromatic carbocycles. The Labute approximate surface area is 174 Å². The largest absolute Gasteiger partial charge is 0.379 e. The molecule has 0 aromatic heterocycles. The first-order valence-corrected chi connectivity index (χ1v) is 12.4. The monoisotopic (exact) mass is 430 g/mol. The van der Waals surface area contributed by atoms with Crippen LogP contribution in [0.4, 0.5) is 0 Å². The zero-order valence-corrected chi connectivity index (χ0v) is 18.2. The van der Waals surface area contributed by atoms with Crippen LogP contribution < -0.4 is 0 Å².